The van der Waals surface area contributed by atoms with Gasteiger partial charge in [-0.3, -0.25) is 14.4 Å². The molecule has 0 saturated carbocycles. The third kappa shape index (κ3) is 8.60. The minimum Gasteiger partial charge on any atom is -0.508 e. The lowest BCUT2D eigenvalue weighted by Gasteiger charge is -2.23. The summed E-state index contributed by atoms with van der Waals surface area (Å²) < 4.78 is 0. The van der Waals surface area contributed by atoms with E-state index in [1.165, 1.54) is 12.1 Å². The summed E-state index contributed by atoms with van der Waals surface area (Å²) in [6.07, 6.45) is 0.686. The van der Waals surface area contributed by atoms with E-state index in [-0.39, 0.29) is 18.1 Å². The van der Waals surface area contributed by atoms with Gasteiger partial charge in [-0.25, -0.2) is 4.79 Å². The summed E-state index contributed by atoms with van der Waals surface area (Å²) in [5.41, 5.74) is 6.53. The number of hydrogen-bond acceptors (Lipinski definition) is 7. The third-order valence-electron chi connectivity index (χ3n) is 4.76. The first-order chi connectivity index (χ1) is 14.6. The summed E-state index contributed by atoms with van der Waals surface area (Å²) in [5, 5.41) is 34.8. The van der Waals surface area contributed by atoms with Crippen molar-refractivity contribution in [2.24, 2.45) is 11.7 Å². The molecule has 172 valence electrons. The second kappa shape index (κ2) is 12.5. The number of carboxylic acids is 1. The molecule has 0 aliphatic rings. The van der Waals surface area contributed by atoms with Crippen molar-refractivity contribution in [3.63, 3.8) is 0 Å². The van der Waals surface area contributed by atoms with Crippen molar-refractivity contribution in [3.05, 3.63) is 29.8 Å². The Hall–Kier alpha value is -3.18. The van der Waals surface area contributed by atoms with Crippen molar-refractivity contribution >= 4 is 23.7 Å². The Bertz CT molecular complexity index is 769. The van der Waals surface area contributed by atoms with Crippen molar-refractivity contribution in [3.8, 4) is 5.75 Å². The molecule has 11 nitrogen and oxygen atoms in total. The van der Waals surface area contributed by atoms with E-state index in [9.17, 15) is 34.5 Å². The van der Waals surface area contributed by atoms with Crippen molar-refractivity contribution in [2.45, 2.75) is 44.8 Å². The number of aliphatic carboxylic acids is 1. The standard InChI is InChI=1S/C20H30N4O7/c1-3-11(2)17(20(30)31)24-19(29)15(10-25)23-16(27)9-22-18(28)14(21)8-12-4-6-13(26)7-5-12/h4-7,11,14-15,17,25-26H,3,8-10,21H2,1-2H3,(H,22,28)(H,23,27)(H,24,29)(H,30,31). The molecule has 0 bridgehead atoms. The van der Waals surface area contributed by atoms with Gasteiger partial charge < -0.3 is 37.0 Å². The lowest BCUT2D eigenvalue weighted by molar-refractivity contribution is -0.144. The number of amides is 3. The van der Waals surface area contributed by atoms with Gasteiger partial charge in [0.2, 0.25) is 17.7 Å². The van der Waals surface area contributed by atoms with Gasteiger partial charge in [0.25, 0.3) is 0 Å². The summed E-state index contributed by atoms with van der Waals surface area (Å²) in [5.74, 6) is -3.70. The first kappa shape index (κ1) is 25.9. The molecule has 0 aliphatic carbocycles. The minimum absolute atomic E-state index is 0.0831. The van der Waals surface area contributed by atoms with Crippen LogP contribution in [0.3, 0.4) is 0 Å². The van der Waals surface area contributed by atoms with Crippen molar-refractivity contribution in [1.29, 1.82) is 0 Å². The number of rotatable bonds is 12. The zero-order chi connectivity index (χ0) is 23.6. The fourth-order valence-electron chi connectivity index (χ4n) is 2.65. The van der Waals surface area contributed by atoms with Crippen LogP contribution >= 0.6 is 0 Å². The van der Waals surface area contributed by atoms with Crippen LogP contribution in [0.4, 0.5) is 0 Å². The maximum absolute atomic E-state index is 12.2. The van der Waals surface area contributed by atoms with Crippen LogP contribution in [-0.2, 0) is 25.6 Å². The molecule has 1 rings (SSSR count). The van der Waals surface area contributed by atoms with Crippen molar-refractivity contribution in [1.82, 2.24) is 16.0 Å². The van der Waals surface area contributed by atoms with E-state index >= 15 is 0 Å². The van der Waals surface area contributed by atoms with Crippen LogP contribution in [-0.4, -0.2) is 70.3 Å². The second-order valence-electron chi connectivity index (χ2n) is 7.21. The molecular formula is C20H30N4O7. The normalized spacial score (nSPS) is 14.6. The average Bonchev–Trinajstić information content (AvgIpc) is 2.74. The van der Waals surface area contributed by atoms with Crippen LogP contribution in [0.2, 0.25) is 0 Å². The highest BCUT2D eigenvalue weighted by Gasteiger charge is 2.29. The number of phenolic OH excluding ortho intramolecular Hbond substituents is 1. The summed E-state index contributed by atoms with van der Waals surface area (Å²) in [6, 6.07) is 2.67. The van der Waals surface area contributed by atoms with Crippen molar-refractivity contribution in [2.75, 3.05) is 13.2 Å². The highest BCUT2D eigenvalue weighted by Crippen LogP contribution is 2.11. The van der Waals surface area contributed by atoms with Crippen LogP contribution in [0, 0.1) is 5.92 Å². The highest BCUT2D eigenvalue weighted by molar-refractivity contribution is 5.92. The smallest absolute Gasteiger partial charge is 0.326 e. The zero-order valence-electron chi connectivity index (χ0n) is 17.5. The zero-order valence-corrected chi connectivity index (χ0v) is 17.5. The Balaban J connectivity index is 2.54. The lowest BCUT2D eigenvalue weighted by atomic mass is 9.99. The number of nitrogens with one attached hydrogen (secondary N) is 3. The number of aliphatic hydroxyl groups excluding tert-OH is 1. The maximum atomic E-state index is 12.2. The van der Waals surface area contributed by atoms with E-state index in [0.717, 1.165) is 5.56 Å². The number of aliphatic hydroxyl groups is 1. The Labute approximate surface area is 180 Å². The average molecular weight is 438 g/mol. The monoisotopic (exact) mass is 438 g/mol. The molecule has 0 heterocycles. The van der Waals surface area contributed by atoms with Gasteiger partial charge in [0.1, 0.15) is 17.8 Å². The van der Waals surface area contributed by atoms with Crippen LogP contribution in [0.5, 0.6) is 5.75 Å². The fourth-order valence-corrected chi connectivity index (χ4v) is 2.65. The molecule has 0 aliphatic heterocycles. The van der Waals surface area contributed by atoms with Crippen LogP contribution in [0.1, 0.15) is 25.8 Å². The molecule has 4 atom stereocenters. The number of benzene rings is 1. The van der Waals surface area contributed by atoms with E-state index in [0.29, 0.717) is 6.42 Å². The molecule has 0 aromatic heterocycles. The first-order valence-corrected chi connectivity index (χ1v) is 9.83. The quantitative estimate of drug-likeness (QED) is 0.204. The van der Waals surface area contributed by atoms with Gasteiger partial charge in [-0.2, -0.15) is 0 Å². The predicted molar refractivity (Wildman–Crippen MR) is 111 cm³/mol. The molecule has 0 saturated heterocycles. The van der Waals surface area contributed by atoms with Gasteiger partial charge in [-0.15, -0.1) is 0 Å². The van der Waals surface area contributed by atoms with Gasteiger partial charge in [-0.05, 0) is 30.0 Å². The minimum atomic E-state index is -1.37. The maximum Gasteiger partial charge on any atom is 0.326 e. The number of carboxylic acid groups (broad SMARTS) is 1. The summed E-state index contributed by atoms with van der Waals surface area (Å²) in [4.78, 5) is 47.7. The molecule has 0 spiro atoms. The Morgan fingerprint density at radius 3 is 2.19 bits per heavy atom. The van der Waals surface area contributed by atoms with Crippen LogP contribution < -0.4 is 21.7 Å². The molecule has 8 N–H and O–H groups in total. The van der Waals surface area contributed by atoms with Gasteiger partial charge in [0, 0.05) is 0 Å². The Kier molecular flexibility index (Phi) is 10.4. The number of carbonyl (C=O) groups is 4. The van der Waals surface area contributed by atoms with E-state index in [2.05, 4.69) is 16.0 Å². The largest absolute Gasteiger partial charge is 0.508 e. The molecule has 0 radical (unpaired) electrons. The second-order valence-corrected chi connectivity index (χ2v) is 7.21. The predicted octanol–water partition coefficient (Wildman–Crippen LogP) is -1.53. The SMILES string of the molecule is CCC(C)C(NC(=O)C(CO)NC(=O)CNC(=O)C(N)Cc1ccc(O)cc1)C(=O)O. The topological polar surface area (TPSA) is 191 Å². The molecule has 1 aromatic rings. The molecule has 11 heteroatoms. The fraction of sp³-hybridized carbons (Fsp3) is 0.500. The van der Waals surface area contributed by atoms with Crippen LogP contribution in [0.25, 0.3) is 0 Å². The molecule has 31 heavy (non-hydrogen) atoms. The van der Waals surface area contributed by atoms with E-state index < -0.39 is 55.0 Å². The summed E-state index contributed by atoms with van der Waals surface area (Å²) >= 11 is 0. The highest BCUT2D eigenvalue weighted by atomic mass is 16.4. The number of phenols is 1. The molecule has 0 fully saturated rings. The number of carbonyl (C=O) groups excluding carboxylic acids is 3. The first-order valence-electron chi connectivity index (χ1n) is 9.83. The third-order valence-corrected chi connectivity index (χ3v) is 4.76. The molecule has 1 aromatic carbocycles. The van der Waals surface area contributed by atoms with Crippen molar-refractivity contribution < 1.29 is 34.5 Å². The number of aromatic hydroxyl groups is 1. The number of hydrogen-bond donors (Lipinski definition) is 7. The lowest BCUT2D eigenvalue weighted by Crippen LogP contribution is -2.56. The van der Waals surface area contributed by atoms with Gasteiger partial charge in [0.05, 0.1) is 19.2 Å². The molecular weight excluding hydrogens is 408 g/mol. The van der Waals surface area contributed by atoms with E-state index in [1.807, 2.05) is 0 Å². The molecule has 3 amide bonds. The van der Waals surface area contributed by atoms with E-state index in [1.54, 1.807) is 26.0 Å². The molecule has 4 unspecified atom stereocenters. The Morgan fingerprint density at radius 2 is 1.68 bits per heavy atom. The Morgan fingerprint density at radius 1 is 1.06 bits per heavy atom. The summed E-state index contributed by atoms with van der Waals surface area (Å²) in [7, 11) is 0. The van der Waals surface area contributed by atoms with Gasteiger partial charge in [-0.1, -0.05) is 32.4 Å². The van der Waals surface area contributed by atoms with Gasteiger partial charge >= 0.3 is 5.97 Å². The summed E-state index contributed by atoms with van der Waals surface area (Å²) in [6.45, 7) is 2.19. The number of nitrogens with two attached hydrogens (primary N) is 1. The van der Waals surface area contributed by atoms with E-state index in [4.69, 9.17) is 5.73 Å². The van der Waals surface area contributed by atoms with Crippen LogP contribution in [0.15, 0.2) is 24.3 Å². The van der Waals surface area contributed by atoms with Gasteiger partial charge in [0.15, 0.2) is 0 Å².